The summed E-state index contributed by atoms with van der Waals surface area (Å²) in [6.07, 6.45) is 36.2. The second-order valence-corrected chi connectivity index (χ2v) is 41.5. The van der Waals surface area contributed by atoms with Crippen LogP contribution in [-0.4, -0.2) is 205 Å². The Bertz CT molecular complexity index is 3700. The molecule has 24 nitrogen and oxygen atoms in total. The van der Waals surface area contributed by atoms with E-state index in [1.165, 1.54) is 32.1 Å². The summed E-state index contributed by atoms with van der Waals surface area (Å²) in [5.41, 5.74) is 2.54. The van der Waals surface area contributed by atoms with Gasteiger partial charge in [-0.25, -0.2) is 91.2 Å². The van der Waals surface area contributed by atoms with Crippen molar-refractivity contribution in [2.75, 3.05) is 79.2 Å². The number of hydrogen-bond donors (Lipinski definition) is 0. The molecule has 0 saturated heterocycles. The van der Waals surface area contributed by atoms with Gasteiger partial charge in [0, 0.05) is 163 Å². The van der Waals surface area contributed by atoms with E-state index in [9.17, 15) is 0 Å². The maximum Gasteiger partial charge on any atom is 0.271 e. The van der Waals surface area contributed by atoms with Crippen LogP contribution in [0.5, 0.6) is 0 Å². The third-order valence-corrected chi connectivity index (χ3v) is 17.7. The monoisotopic (exact) mass is 1670 g/mol. The fraction of sp³-hybridized carbons (Fsp3) is 0.660. The smallest absolute Gasteiger partial charge is 0.271 e. The van der Waals surface area contributed by atoms with E-state index in [0.717, 1.165) is 164 Å². The summed E-state index contributed by atoms with van der Waals surface area (Å²) in [6, 6.07) is 16.0. The Balaban J connectivity index is 0.000000469. The number of aryl methyl sites for hydroxylation is 1. The van der Waals surface area contributed by atoms with Gasteiger partial charge in [0.15, 0.2) is 0 Å². The SMILES string of the molecule is CC(C)(C)CCCc1ncccn1.CC(C)(C)CN(Cc1ncccn1)C1CCC1.CC(C)N(Cc1ncccn1)CC(C)(C)C.CCN(Cc1ncccn1)CC(C)(C)C.CCN(Cc1ncccn1)CC(C)(C)C.CCN(Cc1ncccn1)CC(C)(C)C.CN(Cc1ncccn1)CC(C)(C)C.[C-]#[N+]CN(Cc1ncccn1)CC(C)(C)C. The third-order valence-electron chi connectivity index (χ3n) is 17.7. The number of hydrogen-bond acceptors (Lipinski definition) is 23. The molecule has 1 aliphatic carbocycles. The molecule has 0 radical (unpaired) electrons. The zero-order valence-corrected chi connectivity index (χ0v) is 81.2. The first-order valence-corrected chi connectivity index (χ1v) is 44.0. The van der Waals surface area contributed by atoms with Gasteiger partial charge in [-0.05, 0) is 158 Å². The molecule has 0 aliphatic heterocycles. The Morgan fingerprint density at radius 3 is 0.802 bits per heavy atom. The average molecular weight is 1670 g/mol. The van der Waals surface area contributed by atoms with Crippen LogP contribution < -0.4 is 0 Å². The number of nitrogens with zero attached hydrogens (tertiary/aromatic N) is 24. The predicted molar refractivity (Wildman–Crippen MR) is 499 cm³/mol. The van der Waals surface area contributed by atoms with Gasteiger partial charge in [0.1, 0.15) is 46.6 Å². The van der Waals surface area contributed by atoms with Crippen molar-refractivity contribution >= 4 is 0 Å². The fourth-order valence-corrected chi connectivity index (χ4v) is 12.9. The lowest BCUT2D eigenvalue weighted by molar-refractivity contribution is 0.0784. The first kappa shape index (κ1) is 109. The zero-order chi connectivity index (χ0) is 90.8. The molecule has 8 aromatic rings. The Kier molecular flexibility index (Phi) is 50.9. The van der Waals surface area contributed by atoms with E-state index in [-0.39, 0.29) is 5.41 Å². The zero-order valence-electron chi connectivity index (χ0n) is 81.2. The van der Waals surface area contributed by atoms with Crippen molar-refractivity contribution < 1.29 is 0 Å². The van der Waals surface area contributed by atoms with Crippen molar-refractivity contribution in [3.8, 4) is 0 Å². The molecule has 24 heteroatoms. The Hall–Kier alpha value is -8.15. The largest absolute Gasteiger partial charge is 0.299 e. The van der Waals surface area contributed by atoms with Crippen LogP contribution in [0.3, 0.4) is 0 Å². The van der Waals surface area contributed by atoms with E-state index in [2.05, 4.69) is 327 Å². The molecule has 1 aliphatic rings. The van der Waals surface area contributed by atoms with Gasteiger partial charge >= 0.3 is 0 Å². The first-order chi connectivity index (χ1) is 56.5. The lowest BCUT2D eigenvalue weighted by Gasteiger charge is -2.40. The van der Waals surface area contributed by atoms with Crippen LogP contribution in [0.1, 0.15) is 279 Å². The van der Waals surface area contributed by atoms with Gasteiger partial charge in [0.2, 0.25) is 0 Å². The molecular weight excluding hydrogens is 1500 g/mol. The van der Waals surface area contributed by atoms with E-state index < -0.39 is 0 Å². The van der Waals surface area contributed by atoms with Crippen LogP contribution in [-0.2, 0) is 52.2 Å². The molecular formula is C97H164N24. The average Bonchev–Trinajstić information content (AvgIpc) is 0.843. The normalized spacial score (nSPS) is 12.7. The lowest BCUT2D eigenvalue weighted by Crippen LogP contribution is -2.44. The third kappa shape index (κ3) is 60.9. The number of aromatic nitrogens is 16. The highest BCUT2D eigenvalue weighted by Crippen LogP contribution is 2.30. The second-order valence-electron chi connectivity index (χ2n) is 41.5. The first-order valence-electron chi connectivity index (χ1n) is 44.0. The summed E-state index contributed by atoms with van der Waals surface area (Å²) < 4.78 is 0. The highest BCUT2D eigenvalue weighted by molar-refractivity contribution is 4.97. The second kappa shape index (κ2) is 56.6. The summed E-state index contributed by atoms with van der Waals surface area (Å²) >= 11 is 0. The van der Waals surface area contributed by atoms with Gasteiger partial charge in [-0.1, -0.05) is 193 Å². The lowest BCUT2D eigenvalue weighted by atomic mass is 9.88. The molecule has 0 atom stereocenters. The molecule has 0 N–H and O–H groups in total. The molecule has 0 amide bonds. The maximum absolute atomic E-state index is 6.95. The minimum Gasteiger partial charge on any atom is -0.299 e. The van der Waals surface area contributed by atoms with Crippen molar-refractivity contribution in [3.05, 3.63) is 206 Å². The highest BCUT2D eigenvalue weighted by atomic mass is 15.2. The summed E-state index contributed by atoms with van der Waals surface area (Å²) in [6.45, 7) is 88.3. The molecule has 8 heterocycles. The summed E-state index contributed by atoms with van der Waals surface area (Å²) in [7, 11) is 2.10. The molecule has 0 unspecified atom stereocenters. The fourth-order valence-electron chi connectivity index (χ4n) is 12.9. The molecule has 0 bridgehead atoms. The summed E-state index contributed by atoms with van der Waals surface area (Å²) in [5.74, 6) is 7.20. The number of rotatable bonds is 30. The molecule has 9 rings (SSSR count). The molecule has 0 aromatic carbocycles. The van der Waals surface area contributed by atoms with Crippen LogP contribution >= 0.6 is 0 Å². The quantitative estimate of drug-likeness (QED) is 0.0381. The van der Waals surface area contributed by atoms with Crippen molar-refractivity contribution in [1.82, 2.24) is 114 Å². The summed E-state index contributed by atoms with van der Waals surface area (Å²) in [4.78, 5) is 87.6. The van der Waals surface area contributed by atoms with Crippen LogP contribution in [0, 0.1) is 49.9 Å². The predicted octanol–water partition coefficient (Wildman–Crippen LogP) is 19.6. The highest BCUT2D eigenvalue weighted by Gasteiger charge is 2.29. The van der Waals surface area contributed by atoms with Crippen LogP contribution in [0.2, 0.25) is 0 Å². The van der Waals surface area contributed by atoms with Crippen LogP contribution in [0.15, 0.2) is 148 Å². The van der Waals surface area contributed by atoms with Gasteiger partial charge in [0.25, 0.3) is 6.67 Å². The van der Waals surface area contributed by atoms with E-state index in [0.29, 0.717) is 57.2 Å². The van der Waals surface area contributed by atoms with E-state index in [1.807, 2.05) is 54.9 Å². The van der Waals surface area contributed by atoms with Crippen molar-refractivity contribution in [1.29, 1.82) is 0 Å². The standard InChI is InChI=1S/C14H23N3.C13H23N3.C12H18N4.3C12H21N3.C11H19N3.C11H18N2/c1-14(2,3)11-17(12-6-4-7-12)10-13-15-8-5-9-16-13;1-11(2)16(10-13(3,4)5)9-12-14-7-6-8-15-12;1-12(2,3)9-16(10-13-4)8-11-14-6-5-7-15-11;3*1-5-15(10-12(2,3)4)9-11-13-7-6-8-14-11;1-11(2,3)9-14(4)8-10-12-6-5-7-13-10;1-11(2,3)7-4-6-10-12-8-5-9-13-10/h5,8-9,12H,4,6-7,10-11H2,1-3H3;6-8,11H,9-10H2,1-5H3;5-7H,8-10H2,1-3H3;3*6-8H,5,9-10H2,1-4H3;5-7H,8-9H2,1-4H3;5,8-9H,4,6-7H2,1-3H3. The molecule has 1 fully saturated rings. The van der Waals surface area contributed by atoms with E-state index in [4.69, 9.17) is 6.57 Å². The minimum atomic E-state index is 0.180. The van der Waals surface area contributed by atoms with E-state index in [1.54, 1.807) is 92.8 Å². The van der Waals surface area contributed by atoms with Crippen molar-refractivity contribution in [2.45, 2.75) is 297 Å². The Labute approximate surface area is 735 Å². The topological polar surface area (TPSA) is 233 Å². The molecule has 8 aromatic heterocycles. The Morgan fingerprint density at radius 1 is 0.314 bits per heavy atom. The molecule has 121 heavy (non-hydrogen) atoms. The van der Waals surface area contributed by atoms with Gasteiger partial charge < -0.3 is 0 Å². The minimum absolute atomic E-state index is 0.180. The Morgan fingerprint density at radius 2 is 0.562 bits per heavy atom. The molecule has 1 saturated carbocycles. The molecule has 672 valence electrons. The van der Waals surface area contributed by atoms with Gasteiger partial charge in [-0.15, -0.1) is 0 Å². The van der Waals surface area contributed by atoms with Crippen molar-refractivity contribution in [3.63, 3.8) is 0 Å². The van der Waals surface area contributed by atoms with Gasteiger partial charge in [-0.2, -0.15) is 0 Å². The van der Waals surface area contributed by atoms with E-state index >= 15 is 0 Å². The van der Waals surface area contributed by atoms with Gasteiger partial charge in [-0.3, -0.25) is 34.2 Å². The molecule has 0 spiro atoms. The van der Waals surface area contributed by atoms with Gasteiger partial charge in [0.05, 0.1) is 45.8 Å². The summed E-state index contributed by atoms with van der Waals surface area (Å²) in [5, 5.41) is 0. The van der Waals surface area contributed by atoms with Crippen LogP contribution in [0.25, 0.3) is 4.85 Å². The van der Waals surface area contributed by atoms with Crippen LogP contribution in [0.4, 0.5) is 0 Å². The van der Waals surface area contributed by atoms with Crippen molar-refractivity contribution in [2.24, 2.45) is 43.3 Å². The maximum atomic E-state index is 6.95.